The van der Waals surface area contributed by atoms with Gasteiger partial charge in [-0.3, -0.25) is 67.1 Å². The lowest BCUT2D eigenvalue weighted by Gasteiger charge is -2.29. The van der Waals surface area contributed by atoms with Gasteiger partial charge >= 0.3 is 17.9 Å². The molecule has 14 atom stereocenters. The van der Waals surface area contributed by atoms with E-state index in [0.717, 1.165) is 6.92 Å². The number of primary amides is 1. The van der Waals surface area contributed by atoms with Crippen LogP contribution in [0.2, 0.25) is 0 Å². The third-order valence-corrected chi connectivity index (χ3v) is 17.3. The second-order valence-corrected chi connectivity index (χ2v) is 26.9. The summed E-state index contributed by atoms with van der Waals surface area (Å²) >= 11 is 0. The second-order valence-electron chi connectivity index (χ2n) is 26.9. The summed E-state index contributed by atoms with van der Waals surface area (Å²) < 4.78 is 0. The molecule has 0 fully saturated rings. The number of aromatic amines is 1. The van der Waals surface area contributed by atoms with Gasteiger partial charge in [-0.05, 0) is 83.8 Å². The number of carboxylic acid groups (broad SMARTS) is 3. The van der Waals surface area contributed by atoms with E-state index < -0.39 is 225 Å². The monoisotopic (exact) mass is 1550 g/mol. The Kier molecular flexibility index (Phi) is 34.8. The molecule has 0 bridgehead atoms. The average Bonchev–Trinajstić information content (AvgIpc) is 1.18. The quantitative estimate of drug-likeness (QED) is 0.0177. The highest BCUT2D eigenvalue weighted by atomic mass is 16.4. The molecule has 0 saturated carbocycles. The number of amides is 12. The highest BCUT2D eigenvalue weighted by Crippen LogP contribution is 2.19. The van der Waals surface area contributed by atoms with Crippen molar-refractivity contribution in [1.29, 1.82) is 0 Å². The molecule has 5 rings (SSSR count). The van der Waals surface area contributed by atoms with E-state index in [1.807, 2.05) is 0 Å². The number of rotatable bonds is 45. The summed E-state index contributed by atoms with van der Waals surface area (Å²) in [5.74, 6) is -20.6. The van der Waals surface area contributed by atoms with E-state index in [1.165, 1.54) is 104 Å². The molecule has 0 spiro atoms. The van der Waals surface area contributed by atoms with Gasteiger partial charge in [0.05, 0.1) is 44.3 Å². The van der Waals surface area contributed by atoms with Crippen LogP contribution >= 0.6 is 0 Å². The molecule has 0 saturated heterocycles. The van der Waals surface area contributed by atoms with Crippen molar-refractivity contribution in [3.63, 3.8) is 0 Å². The van der Waals surface area contributed by atoms with Gasteiger partial charge in [-0.2, -0.15) is 0 Å². The van der Waals surface area contributed by atoms with Crippen LogP contribution in [0.5, 0.6) is 17.2 Å². The van der Waals surface area contributed by atoms with Gasteiger partial charge in [-0.15, -0.1) is 0 Å². The van der Waals surface area contributed by atoms with Crippen LogP contribution in [-0.2, 0) is 104 Å². The Labute approximate surface area is 635 Å². The van der Waals surface area contributed by atoms with Crippen LogP contribution in [0, 0.1) is 11.8 Å². The molecule has 38 nitrogen and oxygen atoms in total. The first kappa shape index (κ1) is 89.0. The van der Waals surface area contributed by atoms with Crippen LogP contribution in [0.25, 0.3) is 0 Å². The Balaban J connectivity index is 1.42. The van der Waals surface area contributed by atoms with Gasteiger partial charge in [0, 0.05) is 44.0 Å². The molecule has 600 valence electrons. The van der Waals surface area contributed by atoms with E-state index in [1.54, 1.807) is 39.0 Å². The van der Waals surface area contributed by atoms with E-state index in [2.05, 4.69) is 68.5 Å². The summed E-state index contributed by atoms with van der Waals surface area (Å²) in [6, 6.07) is 2.14. The largest absolute Gasteiger partial charge is 0.508 e. The molecule has 0 aliphatic rings. The Morgan fingerprint density at radius 1 is 0.414 bits per heavy atom. The van der Waals surface area contributed by atoms with Gasteiger partial charge in [0.2, 0.25) is 70.9 Å². The summed E-state index contributed by atoms with van der Waals surface area (Å²) in [6.07, 6.45) is -4.09. The molecule has 4 aromatic carbocycles. The third-order valence-electron chi connectivity index (χ3n) is 17.3. The Bertz CT molecular complexity index is 4040. The van der Waals surface area contributed by atoms with Crippen LogP contribution in [0.3, 0.4) is 0 Å². The number of nitrogens with two attached hydrogens (primary N) is 2. The SMILES string of the molecule is CC[C@H](C)[C@H](NC(=O)[C@H](CO)NC(=O)[C@H](CC(=O)O)NC(=O)[C@H](Cc1ccccc1)NC(=O)[C@H](Cc1ccc(O)cc1)NC(=O)[C@H](CC(N)=O)NC(=O)[C@@H](NC(=O)[C@@H](N)CC(C)C)[C@@H](C)O)C(=O)N[C@@H](Cc1ccc(O)cc1)C(=O)N[C@@H](Cc1ccc(O)cc1)C(=O)N[C@@H](CC(=O)O)C(=O)N[C@@H](Cc1cnc[nH]1)C(=O)O. The molecular weight excluding hydrogens is 1450 g/mol. The summed E-state index contributed by atoms with van der Waals surface area (Å²) in [5, 5.41) is 107. The van der Waals surface area contributed by atoms with Gasteiger partial charge in [0.1, 0.15) is 83.7 Å². The third kappa shape index (κ3) is 29.8. The fourth-order valence-electron chi connectivity index (χ4n) is 11.1. The smallest absolute Gasteiger partial charge is 0.326 e. The van der Waals surface area contributed by atoms with Gasteiger partial charge in [0.15, 0.2) is 0 Å². The number of aromatic hydroxyl groups is 3. The Hall–Kier alpha value is -12.6. The lowest BCUT2D eigenvalue weighted by molar-refractivity contribution is -0.144. The fourth-order valence-corrected chi connectivity index (χ4v) is 11.1. The maximum absolute atomic E-state index is 14.8. The normalized spacial score (nSPS) is 14.9. The van der Waals surface area contributed by atoms with Crippen molar-refractivity contribution in [2.24, 2.45) is 23.3 Å². The lowest BCUT2D eigenvalue weighted by Crippen LogP contribution is -2.62. The van der Waals surface area contributed by atoms with Crippen molar-refractivity contribution in [1.82, 2.24) is 68.5 Å². The molecule has 0 radical (unpaired) electrons. The van der Waals surface area contributed by atoms with Crippen LogP contribution in [0.1, 0.15) is 94.7 Å². The van der Waals surface area contributed by atoms with Crippen molar-refractivity contribution >= 4 is 88.8 Å². The van der Waals surface area contributed by atoms with E-state index in [0.29, 0.717) is 5.56 Å². The summed E-state index contributed by atoms with van der Waals surface area (Å²) in [4.78, 5) is 213. The minimum atomic E-state index is -2.14. The predicted octanol–water partition coefficient (Wildman–Crippen LogP) is -3.93. The standard InChI is InChI=1S/C73H95N15O23/c1-6-37(4)60(71(108)83-51(28-42-16-22-46(93)23-17-42)66(103)79-50(27-41-14-20-45(92)21-15-41)65(102)81-53(31-58(95)96)68(105)85-55(73(110)111)29-43-33-76-35-77-43)87-70(107)56(34-89)86-69(106)54(32-59(97)98)82-64(101)48(25-39-10-8-7-9-11-39)78-63(100)49(26-40-12-18-44(91)19-13-40)80-67(104)52(30-57(75)94)84-72(109)61(38(5)90)88-62(99)47(74)24-36(2)3/h7-23,33,35-38,47-56,60-61,89-93H,6,24-32,34,74H2,1-5H3,(H2,75,94)(H,76,77)(H,78,100)(H,79,103)(H,80,104)(H,81,102)(H,82,101)(H,83,108)(H,84,109)(H,85,105)(H,86,106)(H,87,107)(H,88,99)(H,95,96)(H,97,98)(H,110,111)/t37-,38+,47-,48-,49-,50-,51-,52-,53-,54-,55-,56-,60-,61-/m0/s1. The zero-order chi connectivity index (χ0) is 82.3. The number of aliphatic hydroxyl groups excluding tert-OH is 2. The maximum atomic E-state index is 14.8. The zero-order valence-electron chi connectivity index (χ0n) is 61.2. The Morgan fingerprint density at radius 3 is 1.10 bits per heavy atom. The number of benzene rings is 4. The van der Waals surface area contributed by atoms with Gasteiger partial charge in [-0.25, -0.2) is 9.78 Å². The van der Waals surface area contributed by atoms with Gasteiger partial charge in [-0.1, -0.05) is 101 Å². The lowest BCUT2D eigenvalue weighted by atomic mass is 9.96. The van der Waals surface area contributed by atoms with Crippen molar-refractivity contribution < 1.29 is 113 Å². The maximum Gasteiger partial charge on any atom is 0.326 e. The van der Waals surface area contributed by atoms with E-state index >= 15 is 0 Å². The van der Waals surface area contributed by atoms with Crippen LogP contribution in [0.15, 0.2) is 116 Å². The number of nitrogens with zero attached hydrogens (tertiary/aromatic N) is 1. The predicted molar refractivity (Wildman–Crippen MR) is 391 cm³/mol. The first-order valence-corrected chi connectivity index (χ1v) is 35.1. The number of aromatic nitrogens is 2. The number of imidazole rings is 1. The molecule has 5 aromatic rings. The van der Waals surface area contributed by atoms with Crippen molar-refractivity contribution in [2.75, 3.05) is 6.61 Å². The molecule has 111 heavy (non-hydrogen) atoms. The zero-order valence-corrected chi connectivity index (χ0v) is 61.2. The number of aliphatic carboxylic acids is 3. The first-order chi connectivity index (χ1) is 52.4. The Morgan fingerprint density at radius 2 is 0.748 bits per heavy atom. The fraction of sp³-hybridized carbons (Fsp3) is 0.425. The number of hydrogen-bond donors (Lipinski definition) is 22. The molecule has 0 aliphatic heterocycles. The number of phenols is 3. The number of hydrogen-bond acceptors (Lipinski definition) is 22. The van der Waals surface area contributed by atoms with Crippen molar-refractivity contribution in [2.45, 2.75) is 177 Å². The molecule has 38 heteroatoms. The number of carboxylic acids is 3. The number of nitrogens with one attached hydrogen (secondary N) is 12. The summed E-state index contributed by atoms with van der Waals surface area (Å²) in [7, 11) is 0. The van der Waals surface area contributed by atoms with E-state index in [9.17, 15) is 113 Å². The summed E-state index contributed by atoms with van der Waals surface area (Å²) in [6.45, 7) is 6.55. The van der Waals surface area contributed by atoms with Crippen LogP contribution in [0.4, 0.5) is 0 Å². The van der Waals surface area contributed by atoms with Gasteiger partial charge in [0.25, 0.3) is 0 Å². The number of carbonyl (C=O) groups excluding carboxylic acids is 12. The minimum Gasteiger partial charge on any atom is -0.508 e. The molecule has 1 aromatic heterocycles. The highest BCUT2D eigenvalue weighted by Gasteiger charge is 2.40. The second kappa shape index (κ2) is 43.4. The highest BCUT2D eigenvalue weighted by molar-refractivity contribution is 6.01. The van der Waals surface area contributed by atoms with Crippen molar-refractivity contribution in [3.05, 3.63) is 144 Å². The average molecular weight is 1550 g/mol. The summed E-state index contributed by atoms with van der Waals surface area (Å²) in [5.41, 5.74) is 13.0. The topological polar surface area (TPSA) is 631 Å². The van der Waals surface area contributed by atoms with Crippen molar-refractivity contribution in [3.8, 4) is 17.2 Å². The van der Waals surface area contributed by atoms with E-state index in [-0.39, 0.29) is 64.8 Å². The minimum absolute atomic E-state index is 0.0573. The molecule has 12 amide bonds. The van der Waals surface area contributed by atoms with E-state index in [4.69, 9.17) is 11.5 Å². The molecule has 0 aliphatic carbocycles. The first-order valence-electron chi connectivity index (χ1n) is 35.1. The number of carbonyl (C=O) groups is 15. The van der Waals surface area contributed by atoms with Gasteiger partial charge < -0.3 is 116 Å². The molecule has 0 unspecified atom stereocenters. The van der Waals surface area contributed by atoms with Crippen LogP contribution in [-0.4, -0.2) is 225 Å². The molecular formula is C73H95N15O23. The molecule has 24 N–H and O–H groups in total. The van der Waals surface area contributed by atoms with Crippen LogP contribution < -0.4 is 70.0 Å². The number of phenolic OH excluding ortho intramolecular Hbond substituents is 3. The number of H-pyrrole nitrogens is 1. The number of aliphatic hydroxyl groups is 2. The molecule has 1 heterocycles.